The molecule has 0 bridgehead atoms. The molecule has 0 atom stereocenters. The fraction of sp³-hybridized carbons (Fsp3) is 0.533. The third-order valence-corrected chi connectivity index (χ3v) is 2.85. The van der Waals surface area contributed by atoms with Crippen LogP contribution in [0.25, 0.3) is 0 Å². The highest BCUT2D eigenvalue weighted by Crippen LogP contribution is 2.08. The van der Waals surface area contributed by atoms with E-state index in [1.807, 2.05) is 24.3 Å². The third kappa shape index (κ3) is 6.94. The predicted octanol–water partition coefficient (Wildman–Crippen LogP) is 2.68. The van der Waals surface area contributed by atoms with Gasteiger partial charge in [0.05, 0.1) is 0 Å². The molecule has 0 saturated carbocycles. The Balaban J connectivity index is 2.16. The Labute approximate surface area is 115 Å². The molecule has 4 nitrogen and oxygen atoms in total. The van der Waals surface area contributed by atoms with E-state index in [0.29, 0.717) is 13.2 Å². The zero-order valence-electron chi connectivity index (χ0n) is 11.7. The van der Waals surface area contributed by atoms with E-state index in [0.717, 1.165) is 17.7 Å². The van der Waals surface area contributed by atoms with Gasteiger partial charge in [0.1, 0.15) is 6.61 Å². The van der Waals surface area contributed by atoms with Crippen molar-refractivity contribution in [1.82, 2.24) is 0 Å². The molecule has 0 radical (unpaired) electrons. The number of nitrogens with two attached hydrogens (primary N) is 1. The number of rotatable bonds is 9. The Bertz CT molecular complexity index is 363. The van der Waals surface area contributed by atoms with Crippen LogP contribution in [0.3, 0.4) is 0 Å². The summed E-state index contributed by atoms with van der Waals surface area (Å²) < 4.78 is 5.33. The van der Waals surface area contributed by atoms with Crippen LogP contribution in [0.1, 0.15) is 38.2 Å². The highest BCUT2D eigenvalue weighted by molar-refractivity contribution is 5.91. The zero-order valence-corrected chi connectivity index (χ0v) is 11.7. The second-order valence-electron chi connectivity index (χ2n) is 4.56. The lowest BCUT2D eigenvalue weighted by Crippen LogP contribution is -2.18. The van der Waals surface area contributed by atoms with Gasteiger partial charge < -0.3 is 15.8 Å². The minimum Gasteiger partial charge on any atom is -0.372 e. The molecule has 1 aromatic rings. The molecular formula is C15H24N2O2. The number of ether oxygens (including phenoxy) is 1. The van der Waals surface area contributed by atoms with Crippen LogP contribution in [0.2, 0.25) is 0 Å². The minimum atomic E-state index is -0.115. The fourth-order valence-corrected chi connectivity index (χ4v) is 1.72. The van der Waals surface area contributed by atoms with Gasteiger partial charge in [-0.2, -0.15) is 0 Å². The molecule has 0 fully saturated rings. The van der Waals surface area contributed by atoms with Crippen molar-refractivity contribution < 1.29 is 9.53 Å². The second kappa shape index (κ2) is 9.53. The summed E-state index contributed by atoms with van der Waals surface area (Å²) in [5.41, 5.74) is 7.33. The van der Waals surface area contributed by atoms with Gasteiger partial charge >= 0.3 is 0 Å². The molecule has 19 heavy (non-hydrogen) atoms. The van der Waals surface area contributed by atoms with E-state index in [9.17, 15) is 4.79 Å². The van der Waals surface area contributed by atoms with Gasteiger partial charge in [0.25, 0.3) is 0 Å². The van der Waals surface area contributed by atoms with E-state index >= 15 is 0 Å². The largest absolute Gasteiger partial charge is 0.372 e. The van der Waals surface area contributed by atoms with Gasteiger partial charge in [0, 0.05) is 18.8 Å². The third-order valence-electron chi connectivity index (χ3n) is 2.85. The second-order valence-corrected chi connectivity index (χ2v) is 4.56. The average molecular weight is 264 g/mol. The molecule has 0 aliphatic carbocycles. The van der Waals surface area contributed by atoms with Crippen molar-refractivity contribution in [2.75, 3.05) is 18.5 Å². The number of carbonyl (C=O) groups is 1. The Kier molecular flexibility index (Phi) is 7.86. The van der Waals surface area contributed by atoms with Crippen molar-refractivity contribution in [3.63, 3.8) is 0 Å². The number of nitrogens with one attached hydrogen (secondary N) is 1. The number of unbranched alkanes of at least 4 members (excludes halogenated alkanes) is 3. The fourth-order valence-electron chi connectivity index (χ4n) is 1.72. The first-order chi connectivity index (χ1) is 9.26. The van der Waals surface area contributed by atoms with Crippen LogP contribution in [0.15, 0.2) is 24.3 Å². The molecular weight excluding hydrogens is 240 g/mol. The standard InChI is InChI=1S/C15H24N2O2/c1-2-3-4-5-10-19-12-15(18)17-14-8-6-13(11-16)7-9-14/h6-9H,2-5,10-12,16H2,1H3,(H,17,18). The summed E-state index contributed by atoms with van der Waals surface area (Å²) in [7, 11) is 0. The SMILES string of the molecule is CCCCCCOCC(=O)Nc1ccc(CN)cc1. The maximum Gasteiger partial charge on any atom is 0.250 e. The van der Waals surface area contributed by atoms with Crippen molar-refractivity contribution in [3.05, 3.63) is 29.8 Å². The Morgan fingerprint density at radius 2 is 1.95 bits per heavy atom. The number of hydrogen-bond donors (Lipinski definition) is 2. The van der Waals surface area contributed by atoms with Crippen molar-refractivity contribution in [2.24, 2.45) is 5.73 Å². The highest BCUT2D eigenvalue weighted by Gasteiger charge is 2.02. The molecule has 1 rings (SSSR count). The molecule has 0 aliphatic heterocycles. The first kappa shape index (κ1) is 15.7. The van der Waals surface area contributed by atoms with Crippen LogP contribution >= 0.6 is 0 Å². The number of benzene rings is 1. The van der Waals surface area contributed by atoms with Crippen molar-refractivity contribution in [2.45, 2.75) is 39.2 Å². The van der Waals surface area contributed by atoms with Gasteiger partial charge in [-0.1, -0.05) is 38.3 Å². The molecule has 4 heteroatoms. The number of anilines is 1. The average Bonchev–Trinajstić information content (AvgIpc) is 2.43. The predicted molar refractivity (Wildman–Crippen MR) is 77.9 cm³/mol. The lowest BCUT2D eigenvalue weighted by atomic mass is 10.2. The summed E-state index contributed by atoms with van der Waals surface area (Å²) in [6.45, 7) is 3.45. The summed E-state index contributed by atoms with van der Waals surface area (Å²) in [5, 5.41) is 2.79. The van der Waals surface area contributed by atoms with Crippen LogP contribution < -0.4 is 11.1 Å². The first-order valence-electron chi connectivity index (χ1n) is 6.93. The molecule has 0 heterocycles. The zero-order chi connectivity index (χ0) is 13.9. The molecule has 0 saturated heterocycles. The van der Waals surface area contributed by atoms with Crippen LogP contribution in [-0.2, 0) is 16.1 Å². The van der Waals surface area contributed by atoms with Crippen LogP contribution in [0.5, 0.6) is 0 Å². The van der Waals surface area contributed by atoms with Crippen LogP contribution in [-0.4, -0.2) is 19.1 Å². The number of carbonyl (C=O) groups excluding carboxylic acids is 1. The van der Waals surface area contributed by atoms with Crippen molar-refractivity contribution >= 4 is 11.6 Å². The van der Waals surface area contributed by atoms with Gasteiger partial charge in [-0.25, -0.2) is 0 Å². The van der Waals surface area contributed by atoms with Crippen molar-refractivity contribution in [1.29, 1.82) is 0 Å². The topological polar surface area (TPSA) is 64.3 Å². The van der Waals surface area contributed by atoms with E-state index in [2.05, 4.69) is 12.2 Å². The summed E-state index contributed by atoms with van der Waals surface area (Å²) in [5.74, 6) is -0.115. The van der Waals surface area contributed by atoms with Gasteiger partial charge in [-0.05, 0) is 24.1 Å². The van der Waals surface area contributed by atoms with Gasteiger partial charge in [0.2, 0.25) is 5.91 Å². The maximum absolute atomic E-state index is 11.6. The quantitative estimate of drug-likeness (QED) is 0.674. The molecule has 0 spiro atoms. The van der Waals surface area contributed by atoms with Crippen molar-refractivity contribution in [3.8, 4) is 0 Å². The van der Waals surface area contributed by atoms with Gasteiger partial charge in [-0.3, -0.25) is 4.79 Å². The lowest BCUT2D eigenvalue weighted by Gasteiger charge is -2.07. The van der Waals surface area contributed by atoms with E-state index in [4.69, 9.17) is 10.5 Å². The Morgan fingerprint density at radius 1 is 1.21 bits per heavy atom. The van der Waals surface area contributed by atoms with E-state index in [1.165, 1.54) is 19.3 Å². The smallest absolute Gasteiger partial charge is 0.250 e. The van der Waals surface area contributed by atoms with Crippen LogP contribution in [0, 0.1) is 0 Å². The van der Waals surface area contributed by atoms with E-state index in [-0.39, 0.29) is 12.5 Å². The summed E-state index contributed by atoms with van der Waals surface area (Å²) in [6, 6.07) is 7.51. The Hall–Kier alpha value is -1.39. The number of amides is 1. The summed E-state index contributed by atoms with van der Waals surface area (Å²) in [6.07, 6.45) is 4.62. The molecule has 0 aromatic heterocycles. The molecule has 1 amide bonds. The first-order valence-corrected chi connectivity index (χ1v) is 6.93. The molecule has 3 N–H and O–H groups in total. The summed E-state index contributed by atoms with van der Waals surface area (Å²) in [4.78, 5) is 11.6. The van der Waals surface area contributed by atoms with E-state index < -0.39 is 0 Å². The molecule has 1 aromatic carbocycles. The molecule has 106 valence electrons. The van der Waals surface area contributed by atoms with Gasteiger partial charge in [0.15, 0.2) is 0 Å². The van der Waals surface area contributed by atoms with Gasteiger partial charge in [-0.15, -0.1) is 0 Å². The van der Waals surface area contributed by atoms with Crippen LogP contribution in [0.4, 0.5) is 5.69 Å². The monoisotopic (exact) mass is 264 g/mol. The summed E-state index contributed by atoms with van der Waals surface area (Å²) >= 11 is 0. The lowest BCUT2D eigenvalue weighted by molar-refractivity contribution is -0.120. The Morgan fingerprint density at radius 3 is 2.58 bits per heavy atom. The molecule has 0 aliphatic rings. The minimum absolute atomic E-state index is 0.115. The molecule has 0 unspecified atom stereocenters. The highest BCUT2D eigenvalue weighted by atomic mass is 16.5. The normalized spacial score (nSPS) is 10.4. The maximum atomic E-state index is 11.6. The van der Waals surface area contributed by atoms with E-state index in [1.54, 1.807) is 0 Å². The number of hydrogen-bond acceptors (Lipinski definition) is 3.